The van der Waals surface area contributed by atoms with E-state index in [0.717, 1.165) is 12.1 Å². The summed E-state index contributed by atoms with van der Waals surface area (Å²) in [6.45, 7) is 20.8. The summed E-state index contributed by atoms with van der Waals surface area (Å²) >= 11 is 0. The molecular weight excluding hydrogens is 959 g/mol. The molecule has 1 aromatic carbocycles. The number of para-hydroxylation sites is 1. The number of alkyl carbamates (subject to hydrolysis) is 3. The fourth-order valence-corrected chi connectivity index (χ4v) is 8.46. The molecule has 0 radical (unpaired) electrons. The predicted octanol–water partition coefficient (Wildman–Crippen LogP) is 4.34. The largest absolute Gasteiger partial charge is 0.466 e. The number of nitrogens with zero attached hydrogens (tertiary/aromatic N) is 2. The highest BCUT2D eigenvalue weighted by atomic mass is 32.2. The zero-order valence-electron chi connectivity index (χ0n) is 42.4. The Balaban J connectivity index is 1.83. The van der Waals surface area contributed by atoms with Crippen molar-refractivity contribution >= 4 is 46.0 Å². The average Bonchev–Trinajstić information content (AvgIpc) is 3.18. The number of carbonyl (C=O) groups is 4. The minimum Gasteiger partial charge on any atom is -0.466 e. The number of guanidine groups is 1. The molecule has 400 valence electrons. The SMILES string of the molecule is C[C@@H]1CO[C@H](O[C@@H]2[C@@H](O)[C@H](O[C@H]3OC(CNS(=O)(=O)c4ccccc4[N+](=O)[O-])=CC[C@H]3N/C(=N/C(=O)OC(C)(C)C)NC(=O)OC(C)(C)C)[C@@H](NC(=O)OC(C)(C)C)C[C@H]2NC(=O)OC(C)(C)C)[C@H](O)C1. The average molecular weight is 1030 g/mol. The van der Waals surface area contributed by atoms with Crippen molar-refractivity contribution in [2.45, 2.75) is 192 Å². The maximum absolute atomic E-state index is 13.5. The molecule has 71 heavy (non-hydrogen) atoms. The molecule has 10 atom stereocenters. The van der Waals surface area contributed by atoms with Crippen LogP contribution >= 0.6 is 0 Å². The van der Waals surface area contributed by atoms with E-state index in [0.29, 0.717) is 0 Å². The summed E-state index contributed by atoms with van der Waals surface area (Å²) in [7, 11) is -4.57. The number of ether oxygens (including phenoxy) is 8. The number of sulfonamides is 1. The van der Waals surface area contributed by atoms with Gasteiger partial charge in [-0.25, -0.2) is 32.3 Å². The molecule has 1 aromatic rings. The van der Waals surface area contributed by atoms with Crippen LogP contribution in [0.4, 0.5) is 24.9 Å². The molecule has 1 saturated heterocycles. The van der Waals surface area contributed by atoms with Crippen LogP contribution in [0, 0.1) is 16.0 Å². The van der Waals surface area contributed by atoms with E-state index in [-0.39, 0.29) is 37.5 Å². The van der Waals surface area contributed by atoms with Crippen molar-refractivity contribution in [3.05, 3.63) is 46.2 Å². The lowest BCUT2D eigenvalue weighted by molar-refractivity contribution is -0.387. The summed E-state index contributed by atoms with van der Waals surface area (Å²) in [4.78, 5) is 67.4. The number of nitro benzene ring substituents is 1. The first-order chi connectivity index (χ1) is 32.6. The fraction of sp³-hybridized carbons (Fsp3) is 0.711. The number of carbonyl (C=O) groups excluding carboxylic acids is 4. The van der Waals surface area contributed by atoms with Crippen LogP contribution in [-0.4, -0.2) is 145 Å². The lowest BCUT2D eigenvalue weighted by Gasteiger charge is -2.47. The van der Waals surface area contributed by atoms with E-state index in [2.05, 4.69) is 31.0 Å². The second-order valence-electron chi connectivity index (χ2n) is 21.3. The van der Waals surface area contributed by atoms with Gasteiger partial charge in [0.15, 0.2) is 11.2 Å². The van der Waals surface area contributed by atoms with Gasteiger partial charge in [-0.3, -0.25) is 15.4 Å². The van der Waals surface area contributed by atoms with Gasteiger partial charge in [0, 0.05) is 6.07 Å². The Bertz CT molecular complexity index is 2230. The predicted molar refractivity (Wildman–Crippen MR) is 252 cm³/mol. The number of nitrogens with one attached hydrogen (secondary N) is 5. The Morgan fingerprint density at radius 2 is 1.28 bits per heavy atom. The lowest BCUT2D eigenvalue weighted by Crippen LogP contribution is -2.68. The van der Waals surface area contributed by atoms with Crippen molar-refractivity contribution in [2.75, 3.05) is 13.2 Å². The molecule has 25 nitrogen and oxygen atoms in total. The molecule has 2 heterocycles. The minimum absolute atomic E-state index is 0.0497. The van der Waals surface area contributed by atoms with E-state index in [4.69, 9.17) is 37.9 Å². The number of hydrogen-bond donors (Lipinski definition) is 7. The number of amides is 4. The molecule has 7 N–H and O–H groups in total. The lowest BCUT2D eigenvalue weighted by atomic mass is 9.83. The van der Waals surface area contributed by atoms with Gasteiger partial charge in [0.1, 0.15) is 52.6 Å². The zero-order chi connectivity index (χ0) is 53.4. The van der Waals surface area contributed by atoms with Gasteiger partial charge in [-0.1, -0.05) is 19.1 Å². The molecule has 1 aliphatic carbocycles. The zero-order valence-corrected chi connectivity index (χ0v) is 43.2. The molecule has 26 heteroatoms. The van der Waals surface area contributed by atoms with E-state index >= 15 is 0 Å². The molecule has 0 bridgehead atoms. The van der Waals surface area contributed by atoms with Crippen LogP contribution in [0.25, 0.3) is 0 Å². The highest BCUT2D eigenvalue weighted by molar-refractivity contribution is 7.89. The third-order valence-corrected chi connectivity index (χ3v) is 11.4. The van der Waals surface area contributed by atoms with Crippen LogP contribution in [0.5, 0.6) is 0 Å². The first kappa shape index (κ1) is 58.2. The number of aliphatic hydroxyl groups is 2. The van der Waals surface area contributed by atoms with Crippen molar-refractivity contribution in [1.82, 2.24) is 26.0 Å². The van der Waals surface area contributed by atoms with E-state index in [1.807, 2.05) is 6.92 Å². The standard InChI is InChI=1S/C45H71N7O18S/c1-24-20-30(53)36(63-23-24)66-34-28(49-39(56)68-43(5,6)7)21-27(48-38(55)67-42(2,3)4)33(32(34)54)65-35-26(47-37(50-40(57)69-44(8,9)10)51-41(58)70-45(11,12)13)19-18-25(64-35)22-46-71(61,62)31-17-15-14-16-29(31)52(59)60/h14-18,24,26-28,30,32-36,46,53-54H,19-23H2,1-13H3,(H,48,55)(H,49,56)(H2,47,50,51,57,58)/t24-,26+,27-,28+,30+,32-,33+,34-,35+,36+/m0/s1. The second kappa shape index (κ2) is 23.4. The van der Waals surface area contributed by atoms with Gasteiger partial charge in [0.25, 0.3) is 5.69 Å². The van der Waals surface area contributed by atoms with Crippen molar-refractivity contribution in [3.63, 3.8) is 0 Å². The van der Waals surface area contributed by atoms with Crippen molar-refractivity contribution < 1.29 is 80.6 Å². The topological polar surface area (TPSA) is 332 Å². The van der Waals surface area contributed by atoms with Crippen molar-refractivity contribution in [3.8, 4) is 0 Å². The minimum atomic E-state index is -4.57. The normalized spacial score (nSPS) is 26.6. The van der Waals surface area contributed by atoms with Gasteiger partial charge >= 0.3 is 24.4 Å². The number of aliphatic imine (C=N–C) groups is 1. The molecule has 4 amide bonds. The quantitative estimate of drug-likeness (QED) is 0.0503. The Labute approximate surface area is 413 Å². The summed E-state index contributed by atoms with van der Waals surface area (Å²) in [6.07, 6.45) is -11.8. The van der Waals surface area contributed by atoms with Crippen LogP contribution in [0.1, 0.15) is 109 Å². The van der Waals surface area contributed by atoms with Gasteiger partial charge in [0.05, 0.1) is 36.2 Å². The number of aliphatic hydroxyl groups excluding tert-OH is 2. The van der Waals surface area contributed by atoms with E-state index in [1.165, 1.54) is 18.2 Å². The molecule has 0 spiro atoms. The first-order valence-corrected chi connectivity index (χ1v) is 24.5. The van der Waals surface area contributed by atoms with Crippen molar-refractivity contribution in [2.24, 2.45) is 10.9 Å². The Morgan fingerprint density at radius 1 is 0.761 bits per heavy atom. The second-order valence-corrected chi connectivity index (χ2v) is 23.0. The van der Waals surface area contributed by atoms with Crippen LogP contribution in [0.2, 0.25) is 0 Å². The van der Waals surface area contributed by atoms with Crippen LogP contribution < -0.4 is 26.0 Å². The monoisotopic (exact) mass is 1030 g/mol. The highest BCUT2D eigenvalue weighted by Crippen LogP contribution is 2.33. The summed E-state index contributed by atoms with van der Waals surface area (Å²) < 4.78 is 76.2. The summed E-state index contributed by atoms with van der Waals surface area (Å²) in [5, 5.41) is 46.0. The highest BCUT2D eigenvalue weighted by Gasteiger charge is 2.51. The maximum atomic E-state index is 13.5. The third-order valence-electron chi connectivity index (χ3n) is 9.99. The van der Waals surface area contributed by atoms with Crippen LogP contribution in [0.3, 0.4) is 0 Å². The molecular formula is C45H71N7O18S. The molecule has 3 aliphatic rings. The summed E-state index contributed by atoms with van der Waals surface area (Å²) in [5.74, 6) is -0.669. The van der Waals surface area contributed by atoms with Crippen LogP contribution in [-0.2, 0) is 47.9 Å². The molecule has 1 saturated carbocycles. The van der Waals surface area contributed by atoms with E-state index in [1.54, 1.807) is 83.1 Å². The van der Waals surface area contributed by atoms with Gasteiger partial charge in [-0.15, -0.1) is 4.99 Å². The Morgan fingerprint density at radius 3 is 1.80 bits per heavy atom. The number of benzene rings is 1. The number of hydrogen-bond acceptors (Lipinski definition) is 18. The van der Waals surface area contributed by atoms with E-state index in [9.17, 15) is 47.9 Å². The van der Waals surface area contributed by atoms with Gasteiger partial charge in [-0.05, 0) is 120 Å². The van der Waals surface area contributed by atoms with Crippen LogP contribution in [0.15, 0.2) is 46.0 Å². The summed E-state index contributed by atoms with van der Waals surface area (Å²) in [6, 6.07) is 1.03. The molecule has 0 aromatic heterocycles. The third kappa shape index (κ3) is 19.0. The van der Waals surface area contributed by atoms with Gasteiger partial charge in [-0.2, -0.15) is 0 Å². The molecule has 2 aliphatic heterocycles. The Hall–Kier alpha value is -5.38. The van der Waals surface area contributed by atoms with Gasteiger partial charge < -0.3 is 64.1 Å². The first-order valence-electron chi connectivity index (χ1n) is 23.0. The van der Waals surface area contributed by atoms with E-state index < -0.39 is 140 Å². The van der Waals surface area contributed by atoms with Crippen molar-refractivity contribution in [1.29, 1.82) is 0 Å². The smallest absolute Gasteiger partial charge is 0.437 e. The molecule has 4 rings (SSSR count). The molecule has 0 unspecified atom stereocenters. The maximum Gasteiger partial charge on any atom is 0.437 e. The fourth-order valence-electron chi connectivity index (χ4n) is 7.30. The summed E-state index contributed by atoms with van der Waals surface area (Å²) in [5.41, 5.74) is -4.71. The molecule has 2 fully saturated rings. The van der Waals surface area contributed by atoms with Gasteiger partial charge in [0.2, 0.25) is 22.3 Å². The number of nitro groups is 1. The Kier molecular flexibility index (Phi) is 19.2. The number of rotatable bonds is 12.